The van der Waals surface area contributed by atoms with Gasteiger partial charge < -0.3 is 19.9 Å². The van der Waals surface area contributed by atoms with E-state index < -0.39 is 0 Å². The number of likely N-dealkylation sites (N-methyl/N-ethyl adjacent to an activating group) is 1. The van der Waals surface area contributed by atoms with Gasteiger partial charge in [0.25, 0.3) is 0 Å². The van der Waals surface area contributed by atoms with E-state index >= 15 is 0 Å². The zero-order valence-electron chi connectivity index (χ0n) is 18.6. The number of nitrogens with two attached hydrogens (primary N) is 1. The smallest absolute Gasteiger partial charge is 0.171 e. The van der Waals surface area contributed by atoms with Gasteiger partial charge in [0, 0.05) is 52.5 Å². The maximum atomic E-state index is 13.6. The van der Waals surface area contributed by atoms with Crippen LogP contribution in [0.5, 0.6) is 5.75 Å². The molecule has 2 heterocycles. The van der Waals surface area contributed by atoms with E-state index in [0.717, 1.165) is 34.3 Å². The molecule has 33 heavy (non-hydrogen) atoms. The molecule has 4 rings (SSSR count). The van der Waals surface area contributed by atoms with E-state index in [9.17, 15) is 4.79 Å². The van der Waals surface area contributed by atoms with Crippen LogP contribution in [0.25, 0.3) is 16.5 Å². The molecule has 2 aromatic carbocycles. The summed E-state index contributed by atoms with van der Waals surface area (Å²) in [6.07, 6.45) is 3.84. The maximum absolute atomic E-state index is 13.6. The molecule has 0 spiro atoms. The summed E-state index contributed by atoms with van der Waals surface area (Å²) in [6, 6.07) is 11.2. The molecular formula is C25H26Cl2N4O2. The van der Waals surface area contributed by atoms with Gasteiger partial charge in [-0.25, -0.2) is 0 Å². The highest BCUT2D eigenvalue weighted by atomic mass is 35.5. The van der Waals surface area contributed by atoms with E-state index in [1.165, 1.54) is 6.20 Å². The van der Waals surface area contributed by atoms with Crippen molar-refractivity contribution in [3.8, 4) is 5.75 Å². The summed E-state index contributed by atoms with van der Waals surface area (Å²) < 4.78 is 7.95. The van der Waals surface area contributed by atoms with Crippen LogP contribution in [0.4, 0.5) is 0 Å². The molecule has 8 heteroatoms. The number of nitrogens with one attached hydrogen (secondary N) is 1. The average molecular weight is 485 g/mol. The molecule has 0 bridgehead atoms. The Kier molecular flexibility index (Phi) is 6.79. The van der Waals surface area contributed by atoms with Crippen molar-refractivity contribution in [2.75, 3.05) is 27.2 Å². The van der Waals surface area contributed by atoms with Gasteiger partial charge >= 0.3 is 0 Å². The second kappa shape index (κ2) is 9.59. The normalized spacial score (nSPS) is 16.0. The highest BCUT2D eigenvalue weighted by Gasteiger charge is 2.29. The number of Topliss-reactive ketones (excluding diaryl/α,β-unsaturated/α-hetero) is 1. The predicted molar refractivity (Wildman–Crippen MR) is 135 cm³/mol. The van der Waals surface area contributed by atoms with E-state index in [1.54, 1.807) is 6.07 Å². The van der Waals surface area contributed by atoms with Crippen LogP contribution < -0.4 is 10.5 Å². The van der Waals surface area contributed by atoms with Gasteiger partial charge in [-0.1, -0.05) is 35.3 Å². The van der Waals surface area contributed by atoms with Gasteiger partial charge in [-0.2, -0.15) is 0 Å². The first-order valence-electron chi connectivity index (χ1n) is 10.7. The van der Waals surface area contributed by atoms with Crippen LogP contribution in [0.3, 0.4) is 0 Å². The lowest BCUT2D eigenvalue weighted by Gasteiger charge is -2.24. The number of allylic oxidation sites excluding steroid dienone is 1. The van der Waals surface area contributed by atoms with Crippen molar-refractivity contribution in [2.45, 2.75) is 13.0 Å². The Morgan fingerprint density at radius 1 is 1.30 bits per heavy atom. The average Bonchev–Trinajstić information content (AvgIpc) is 3.15. The molecule has 0 amide bonds. The summed E-state index contributed by atoms with van der Waals surface area (Å²) in [4.78, 5) is 15.7. The number of benzene rings is 2. The molecule has 0 saturated carbocycles. The molecular weight excluding hydrogens is 459 g/mol. The number of carbonyl (C=O) groups excluding carboxylic acids is 1. The van der Waals surface area contributed by atoms with Gasteiger partial charge in [0.05, 0.1) is 12.5 Å². The molecule has 6 nitrogen and oxygen atoms in total. The Balaban J connectivity index is 1.74. The van der Waals surface area contributed by atoms with Gasteiger partial charge in [0.15, 0.2) is 5.78 Å². The number of aromatic nitrogens is 1. The van der Waals surface area contributed by atoms with Gasteiger partial charge in [-0.3, -0.25) is 10.2 Å². The number of nitrogens with zero attached hydrogens (tertiary/aromatic N) is 2. The van der Waals surface area contributed by atoms with E-state index in [-0.39, 0.29) is 16.9 Å². The van der Waals surface area contributed by atoms with Gasteiger partial charge in [-0.15, -0.1) is 0 Å². The van der Waals surface area contributed by atoms with Crippen LogP contribution in [-0.4, -0.2) is 47.7 Å². The molecule has 0 saturated heterocycles. The van der Waals surface area contributed by atoms with Crippen LogP contribution in [-0.2, 0) is 13.0 Å². The van der Waals surface area contributed by atoms with Crippen molar-refractivity contribution in [3.05, 3.63) is 70.5 Å². The van der Waals surface area contributed by atoms with Crippen LogP contribution >= 0.6 is 23.2 Å². The predicted octanol–water partition coefficient (Wildman–Crippen LogP) is 4.81. The minimum atomic E-state index is -0.293. The molecule has 0 fully saturated rings. The Hall–Kier alpha value is -2.80. The minimum absolute atomic E-state index is 0.0432. The highest BCUT2D eigenvalue weighted by molar-refractivity contribution is 6.75. The Morgan fingerprint density at radius 2 is 2.09 bits per heavy atom. The number of carbonyl (C=O) groups is 1. The fraction of sp³-hybridized carbons (Fsp3) is 0.280. The standard InChI is InChI=1S/C25H26Cl2N4O2/c1-30(2)7-8-31-13-21(19-5-3-15(11-22(19)31)20(12-28)25(27)29)24(32)17-9-16-10-18(26)4-6-23(16)33-14-17/h3-6,10-13,17,29H,7-9,14,28H2,1-2H3/b20-12-,29-25?. The van der Waals surface area contributed by atoms with Crippen molar-refractivity contribution in [1.29, 1.82) is 5.41 Å². The summed E-state index contributed by atoms with van der Waals surface area (Å²) in [5.41, 5.74) is 9.40. The first-order chi connectivity index (χ1) is 15.8. The molecule has 3 N–H and O–H groups in total. The van der Waals surface area contributed by atoms with E-state index in [4.69, 9.17) is 39.1 Å². The van der Waals surface area contributed by atoms with Gasteiger partial charge in [-0.05, 0) is 55.9 Å². The lowest BCUT2D eigenvalue weighted by atomic mass is 9.89. The maximum Gasteiger partial charge on any atom is 0.171 e. The Bertz CT molecular complexity index is 1260. The summed E-state index contributed by atoms with van der Waals surface area (Å²) in [6.45, 7) is 1.85. The van der Waals surface area contributed by atoms with Crippen LogP contribution in [0.2, 0.25) is 5.02 Å². The second-order valence-corrected chi connectivity index (χ2v) is 9.31. The number of hydrogen-bond acceptors (Lipinski definition) is 5. The Morgan fingerprint density at radius 3 is 2.79 bits per heavy atom. The number of fused-ring (bicyclic) bond motifs is 2. The van der Waals surface area contributed by atoms with Crippen molar-refractivity contribution in [2.24, 2.45) is 11.7 Å². The fourth-order valence-corrected chi connectivity index (χ4v) is 4.56. The first kappa shape index (κ1) is 23.4. The monoisotopic (exact) mass is 484 g/mol. The molecule has 1 unspecified atom stereocenters. The van der Waals surface area contributed by atoms with Crippen molar-refractivity contribution in [1.82, 2.24) is 9.47 Å². The summed E-state index contributed by atoms with van der Waals surface area (Å²) >= 11 is 12.1. The van der Waals surface area contributed by atoms with Crippen LogP contribution in [0.15, 0.2) is 48.8 Å². The summed E-state index contributed by atoms with van der Waals surface area (Å²) in [5.74, 6) is 0.534. The molecule has 1 aromatic heterocycles. The SMILES string of the molecule is CN(C)CCn1cc(C(=O)C2COc3ccc(Cl)cc3C2)c2ccc(/C(=C/N)C(=N)Cl)cc21. The molecule has 0 aliphatic carbocycles. The number of hydrogen-bond donors (Lipinski definition) is 2. The number of rotatable bonds is 7. The summed E-state index contributed by atoms with van der Waals surface area (Å²) in [5, 5.41) is 9.16. The largest absolute Gasteiger partial charge is 0.493 e. The Labute approximate surface area is 203 Å². The minimum Gasteiger partial charge on any atom is -0.493 e. The molecule has 3 aromatic rings. The summed E-state index contributed by atoms with van der Waals surface area (Å²) in [7, 11) is 4.02. The van der Waals surface area contributed by atoms with E-state index in [2.05, 4.69) is 9.47 Å². The van der Waals surface area contributed by atoms with Crippen molar-refractivity contribution in [3.63, 3.8) is 0 Å². The number of halogens is 2. The third-order valence-corrected chi connectivity index (χ3v) is 6.39. The first-order valence-corrected chi connectivity index (χ1v) is 11.4. The molecule has 0 radical (unpaired) electrons. The molecule has 1 aliphatic rings. The fourth-order valence-electron chi connectivity index (χ4n) is 4.20. The number of ether oxygens (including phenoxy) is 1. The lowest BCUT2D eigenvalue weighted by molar-refractivity contribution is 0.0856. The highest BCUT2D eigenvalue weighted by Crippen LogP contribution is 2.33. The molecule has 172 valence electrons. The van der Waals surface area contributed by atoms with Crippen LogP contribution in [0.1, 0.15) is 21.5 Å². The van der Waals surface area contributed by atoms with E-state index in [0.29, 0.717) is 35.7 Å². The van der Waals surface area contributed by atoms with Gasteiger partial charge in [0.1, 0.15) is 10.9 Å². The molecule has 1 aliphatic heterocycles. The van der Waals surface area contributed by atoms with E-state index in [1.807, 2.05) is 50.6 Å². The third-order valence-electron chi connectivity index (χ3n) is 5.95. The quantitative estimate of drug-likeness (QED) is 0.372. The lowest BCUT2D eigenvalue weighted by Crippen LogP contribution is -2.28. The van der Waals surface area contributed by atoms with Crippen molar-refractivity contribution >= 4 is 50.6 Å². The number of ketones is 1. The zero-order chi connectivity index (χ0) is 23.7. The third kappa shape index (κ3) is 4.78. The zero-order valence-corrected chi connectivity index (χ0v) is 20.1. The van der Waals surface area contributed by atoms with Gasteiger partial charge in [0.2, 0.25) is 0 Å². The molecule has 1 atom stereocenters. The van der Waals surface area contributed by atoms with Crippen molar-refractivity contribution < 1.29 is 9.53 Å². The second-order valence-electron chi connectivity index (χ2n) is 8.49. The van der Waals surface area contributed by atoms with Crippen LogP contribution in [0, 0.1) is 11.3 Å². The topological polar surface area (TPSA) is 84.3 Å².